The summed E-state index contributed by atoms with van der Waals surface area (Å²) in [5.41, 5.74) is 13.1. The number of fused-ring (bicyclic) bond motifs is 13. The van der Waals surface area contributed by atoms with Crippen molar-refractivity contribution in [2.45, 2.75) is 5.41 Å². The minimum atomic E-state index is -0.983. The second kappa shape index (κ2) is 11.1. The van der Waals surface area contributed by atoms with Gasteiger partial charge in [-0.1, -0.05) is 109 Å². The van der Waals surface area contributed by atoms with Crippen LogP contribution in [0.2, 0.25) is 0 Å². The number of halogens is 2. The van der Waals surface area contributed by atoms with E-state index < -0.39 is 5.41 Å². The van der Waals surface area contributed by atoms with E-state index in [1.165, 1.54) is 12.1 Å². The van der Waals surface area contributed by atoms with Gasteiger partial charge < -0.3 is 9.32 Å². The Bertz CT molecular complexity index is 2870. The largest absolute Gasteiger partial charge is 0.456 e. The number of hydrogen-bond acceptors (Lipinski definition) is 2. The van der Waals surface area contributed by atoms with Gasteiger partial charge in [0, 0.05) is 33.8 Å². The third-order valence-electron chi connectivity index (χ3n) is 11.2. The van der Waals surface area contributed by atoms with Crippen molar-refractivity contribution in [1.82, 2.24) is 0 Å². The van der Waals surface area contributed by atoms with Crippen LogP contribution in [0.15, 0.2) is 180 Å². The quantitative estimate of drug-likeness (QED) is 0.183. The van der Waals surface area contributed by atoms with Crippen LogP contribution in [0.4, 0.5) is 25.8 Å². The van der Waals surface area contributed by atoms with Crippen molar-refractivity contribution in [3.05, 3.63) is 210 Å². The van der Waals surface area contributed by atoms with Crippen LogP contribution >= 0.6 is 0 Å². The van der Waals surface area contributed by atoms with Crippen LogP contribution in [-0.4, -0.2) is 0 Å². The van der Waals surface area contributed by atoms with Crippen molar-refractivity contribution in [3.8, 4) is 33.4 Å². The van der Waals surface area contributed by atoms with Crippen molar-refractivity contribution >= 4 is 39.0 Å². The van der Waals surface area contributed by atoms with E-state index in [4.69, 9.17) is 4.42 Å². The highest BCUT2D eigenvalue weighted by molar-refractivity contribution is 6.06. The highest BCUT2D eigenvalue weighted by atomic mass is 19.1. The zero-order valence-corrected chi connectivity index (χ0v) is 28.4. The minimum Gasteiger partial charge on any atom is -0.456 e. The molecular formula is C49H29F2NO. The third-order valence-corrected chi connectivity index (χ3v) is 11.2. The molecule has 0 atom stereocenters. The molecule has 0 N–H and O–H groups in total. The molecule has 4 heteroatoms. The second-order valence-electron chi connectivity index (χ2n) is 13.9. The highest BCUT2D eigenvalue weighted by Gasteiger charge is 2.53. The summed E-state index contributed by atoms with van der Waals surface area (Å²) < 4.78 is 37.6. The van der Waals surface area contributed by atoms with E-state index in [0.29, 0.717) is 0 Å². The van der Waals surface area contributed by atoms with Crippen LogP contribution in [0.5, 0.6) is 0 Å². The molecule has 1 spiro atoms. The highest BCUT2D eigenvalue weighted by Crippen LogP contribution is 2.65. The van der Waals surface area contributed by atoms with Crippen molar-refractivity contribution < 1.29 is 13.2 Å². The van der Waals surface area contributed by atoms with Gasteiger partial charge in [-0.15, -0.1) is 0 Å². The van der Waals surface area contributed by atoms with E-state index >= 15 is 8.78 Å². The lowest BCUT2D eigenvalue weighted by Gasteiger charge is -2.35. The number of benzene rings is 8. The van der Waals surface area contributed by atoms with Crippen molar-refractivity contribution in [1.29, 1.82) is 0 Å². The third kappa shape index (κ3) is 4.18. The topological polar surface area (TPSA) is 16.4 Å². The molecular weight excluding hydrogens is 657 g/mol. The number of para-hydroxylation sites is 1. The Labute approximate surface area is 304 Å². The van der Waals surface area contributed by atoms with E-state index in [-0.39, 0.29) is 11.6 Å². The lowest BCUT2D eigenvalue weighted by molar-refractivity contribution is 0.618. The SMILES string of the molecule is Fc1ccc2c(c1)C1(c3cc(F)ccc3-2)c2ccccc2-c2cccc(N(c3ccc(-c4ccccc4)cc3)c3ccc4c(c3)oc3ccccc34)c21. The van der Waals surface area contributed by atoms with E-state index in [1.54, 1.807) is 12.1 Å². The Morgan fingerprint density at radius 3 is 1.79 bits per heavy atom. The van der Waals surface area contributed by atoms with Crippen LogP contribution < -0.4 is 4.90 Å². The van der Waals surface area contributed by atoms with Crippen molar-refractivity contribution in [2.24, 2.45) is 0 Å². The summed E-state index contributed by atoms with van der Waals surface area (Å²) in [4.78, 5) is 2.27. The Morgan fingerprint density at radius 1 is 0.415 bits per heavy atom. The molecule has 0 aliphatic heterocycles. The number of hydrogen-bond donors (Lipinski definition) is 0. The maximum atomic E-state index is 15.6. The fraction of sp³-hybridized carbons (Fsp3) is 0.0204. The van der Waals surface area contributed by atoms with Crippen LogP contribution in [0.3, 0.4) is 0 Å². The van der Waals surface area contributed by atoms with Crippen LogP contribution in [-0.2, 0) is 5.41 Å². The number of furan rings is 1. The van der Waals surface area contributed by atoms with E-state index in [0.717, 1.165) is 94.6 Å². The van der Waals surface area contributed by atoms with Gasteiger partial charge >= 0.3 is 0 Å². The lowest BCUT2D eigenvalue weighted by atomic mass is 9.70. The summed E-state index contributed by atoms with van der Waals surface area (Å²) in [6.07, 6.45) is 0. The van der Waals surface area contributed by atoms with Gasteiger partial charge in [-0.2, -0.15) is 0 Å². The number of rotatable bonds is 4. The molecule has 0 amide bonds. The molecule has 53 heavy (non-hydrogen) atoms. The van der Waals surface area contributed by atoms with Gasteiger partial charge in [0.25, 0.3) is 0 Å². The molecule has 0 unspecified atom stereocenters. The molecule has 0 bridgehead atoms. The summed E-state index contributed by atoms with van der Waals surface area (Å²) in [5, 5.41) is 2.10. The molecule has 0 saturated carbocycles. The molecule has 0 saturated heterocycles. The van der Waals surface area contributed by atoms with Gasteiger partial charge in [0.2, 0.25) is 0 Å². The fourth-order valence-electron chi connectivity index (χ4n) is 9.07. The molecule has 0 radical (unpaired) electrons. The molecule has 1 aromatic heterocycles. The first-order valence-electron chi connectivity index (χ1n) is 17.8. The number of anilines is 3. The first-order valence-corrected chi connectivity index (χ1v) is 17.8. The zero-order chi connectivity index (χ0) is 35.3. The summed E-state index contributed by atoms with van der Waals surface area (Å²) in [6.45, 7) is 0. The zero-order valence-electron chi connectivity index (χ0n) is 28.4. The predicted molar refractivity (Wildman–Crippen MR) is 210 cm³/mol. The van der Waals surface area contributed by atoms with Gasteiger partial charge in [-0.05, 0) is 111 Å². The standard InChI is InChI=1S/C49H29F2NO/c50-32-19-24-37-38-25-20-33(51)28-44(38)49(43(37)27-32)42-14-6-4-11-36(42)41-13-8-15-45(48(41)49)52(34-21-17-31(18-22-34)30-9-2-1-3-10-30)35-23-26-40-39-12-5-7-16-46(39)53-47(40)29-35/h1-29H. The molecule has 11 rings (SSSR count). The first-order chi connectivity index (χ1) is 26.1. The van der Waals surface area contributed by atoms with E-state index in [9.17, 15) is 0 Å². The monoisotopic (exact) mass is 685 g/mol. The Kier molecular flexibility index (Phi) is 6.27. The number of nitrogens with zero attached hydrogens (tertiary/aromatic N) is 1. The van der Waals surface area contributed by atoms with E-state index in [2.05, 4.69) is 95.9 Å². The molecule has 1 heterocycles. The lowest BCUT2D eigenvalue weighted by Crippen LogP contribution is -2.28. The van der Waals surface area contributed by atoms with Crippen LogP contribution in [0, 0.1) is 11.6 Å². The summed E-state index contributed by atoms with van der Waals surface area (Å²) in [7, 11) is 0. The minimum absolute atomic E-state index is 0.330. The van der Waals surface area contributed by atoms with Gasteiger partial charge in [-0.3, -0.25) is 0 Å². The molecule has 9 aromatic rings. The smallest absolute Gasteiger partial charge is 0.137 e. The molecule has 250 valence electrons. The van der Waals surface area contributed by atoms with Gasteiger partial charge in [-0.25, -0.2) is 8.78 Å². The van der Waals surface area contributed by atoms with Crippen LogP contribution in [0.1, 0.15) is 22.3 Å². The average Bonchev–Trinajstić information content (AvgIpc) is 3.82. The average molecular weight is 686 g/mol. The molecule has 2 nitrogen and oxygen atoms in total. The normalized spacial score (nSPS) is 13.2. The van der Waals surface area contributed by atoms with Crippen LogP contribution in [0.25, 0.3) is 55.3 Å². The predicted octanol–water partition coefficient (Wildman–Crippen LogP) is 13.3. The summed E-state index contributed by atoms with van der Waals surface area (Å²) in [5.74, 6) is -0.660. The van der Waals surface area contributed by atoms with E-state index in [1.807, 2.05) is 60.7 Å². The molecule has 2 aliphatic rings. The van der Waals surface area contributed by atoms with Gasteiger partial charge in [0.15, 0.2) is 0 Å². The Balaban J connectivity index is 1.23. The maximum Gasteiger partial charge on any atom is 0.137 e. The molecule has 0 fully saturated rings. The molecule has 2 aliphatic carbocycles. The maximum absolute atomic E-state index is 15.6. The Hall–Kier alpha value is -6.78. The second-order valence-corrected chi connectivity index (χ2v) is 13.9. The summed E-state index contributed by atoms with van der Waals surface area (Å²) in [6, 6.07) is 58.0. The van der Waals surface area contributed by atoms with Crippen molar-refractivity contribution in [3.63, 3.8) is 0 Å². The summed E-state index contributed by atoms with van der Waals surface area (Å²) >= 11 is 0. The van der Waals surface area contributed by atoms with Gasteiger partial charge in [0.1, 0.15) is 22.8 Å². The van der Waals surface area contributed by atoms with Gasteiger partial charge in [0.05, 0.1) is 11.1 Å². The Morgan fingerprint density at radius 2 is 1.02 bits per heavy atom. The molecule has 8 aromatic carbocycles. The van der Waals surface area contributed by atoms with Crippen molar-refractivity contribution in [2.75, 3.05) is 4.90 Å². The fourth-order valence-corrected chi connectivity index (χ4v) is 9.07. The first kappa shape index (κ1) is 29.9.